The first-order valence-corrected chi connectivity index (χ1v) is 14.8. The van der Waals surface area contributed by atoms with Crippen LogP contribution in [0, 0.1) is 0 Å². The summed E-state index contributed by atoms with van der Waals surface area (Å²) in [6, 6.07) is 8.76. The number of halogens is 2. The lowest BCUT2D eigenvalue weighted by Crippen LogP contribution is -2.52. The maximum atomic E-state index is 13.8. The van der Waals surface area contributed by atoms with E-state index in [0.717, 1.165) is 36.2 Å². The van der Waals surface area contributed by atoms with Gasteiger partial charge in [-0.2, -0.15) is 0 Å². The lowest BCUT2D eigenvalue weighted by Gasteiger charge is -2.32. The number of methoxy groups -OCH3 is 2. The summed E-state index contributed by atoms with van der Waals surface area (Å²) in [4.78, 5) is 28.3. The molecule has 2 aromatic carbocycles. The molecule has 9 nitrogen and oxygen atoms in total. The van der Waals surface area contributed by atoms with Crippen molar-refractivity contribution in [2.24, 2.45) is 0 Å². The van der Waals surface area contributed by atoms with E-state index in [0.29, 0.717) is 21.4 Å². The molecule has 2 amide bonds. The van der Waals surface area contributed by atoms with Crippen molar-refractivity contribution in [2.75, 3.05) is 31.3 Å². The van der Waals surface area contributed by atoms with Crippen LogP contribution in [0.25, 0.3) is 0 Å². The number of rotatable bonds is 11. The summed E-state index contributed by atoms with van der Waals surface area (Å²) in [7, 11) is -1.09. The molecule has 1 fully saturated rings. The van der Waals surface area contributed by atoms with Crippen LogP contribution in [0.4, 0.5) is 5.69 Å². The highest BCUT2D eigenvalue weighted by Crippen LogP contribution is 2.34. The van der Waals surface area contributed by atoms with E-state index in [-0.39, 0.29) is 29.9 Å². The number of nitrogens with one attached hydrogen (secondary N) is 1. The zero-order chi connectivity index (χ0) is 28.0. The van der Waals surface area contributed by atoms with E-state index in [1.165, 1.54) is 25.2 Å². The minimum absolute atomic E-state index is 0.0157. The van der Waals surface area contributed by atoms with Crippen LogP contribution < -0.4 is 19.1 Å². The Kier molecular flexibility index (Phi) is 10.1. The summed E-state index contributed by atoms with van der Waals surface area (Å²) in [6.45, 7) is 1.07. The molecule has 0 saturated heterocycles. The Bertz CT molecular complexity index is 1270. The van der Waals surface area contributed by atoms with Gasteiger partial charge in [0.1, 0.15) is 24.1 Å². The molecule has 0 radical (unpaired) electrons. The standard InChI is InChI=1S/C26H33Cl2N3O6S/c1-17(26(33)29-19-7-5-6-8-19)30(15-18-9-11-21(27)22(28)13-18)25(32)16-31(38(4,34)35)23-14-20(36-2)10-12-24(23)37-3/h9-14,17,19H,5-8,15-16H2,1-4H3,(H,29,33)/t17-/m1/s1. The summed E-state index contributed by atoms with van der Waals surface area (Å²) < 4.78 is 37.3. The zero-order valence-corrected chi connectivity index (χ0v) is 24.2. The number of carbonyl (C=O) groups is 2. The van der Waals surface area contributed by atoms with Crippen molar-refractivity contribution in [3.63, 3.8) is 0 Å². The number of hydrogen-bond donors (Lipinski definition) is 1. The molecular formula is C26H33Cl2N3O6S. The molecule has 0 aromatic heterocycles. The third-order valence-corrected chi connectivity index (χ3v) is 8.41. The van der Waals surface area contributed by atoms with Gasteiger partial charge in [-0.15, -0.1) is 0 Å². The second-order valence-corrected chi connectivity index (χ2v) is 12.0. The van der Waals surface area contributed by atoms with Crippen molar-refractivity contribution in [3.8, 4) is 11.5 Å². The molecule has 12 heteroatoms. The summed E-state index contributed by atoms with van der Waals surface area (Å²) in [5, 5.41) is 3.68. The monoisotopic (exact) mass is 585 g/mol. The van der Waals surface area contributed by atoms with E-state index in [1.54, 1.807) is 37.3 Å². The molecule has 208 valence electrons. The predicted molar refractivity (Wildman–Crippen MR) is 149 cm³/mol. The third-order valence-electron chi connectivity index (χ3n) is 6.54. The van der Waals surface area contributed by atoms with Crippen molar-refractivity contribution in [2.45, 2.75) is 51.2 Å². The Morgan fingerprint density at radius 1 is 1.05 bits per heavy atom. The highest BCUT2D eigenvalue weighted by atomic mass is 35.5. The first-order valence-electron chi connectivity index (χ1n) is 12.2. The molecule has 0 heterocycles. The number of carbonyl (C=O) groups excluding carboxylic acids is 2. The molecule has 0 unspecified atom stereocenters. The fourth-order valence-corrected chi connectivity index (χ4v) is 5.56. The van der Waals surface area contributed by atoms with Gasteiger partial charge in [-0.05, 0) is 49.6 Å². The Balaban J connectivity index is 1.96. The number of sulfonamides is 1. The predicted octanol–water partition coefficient (Wildman–Crippen LogP) is 4.25. The van der Waals surface area contributed by atoms with Crippen LogP contribution in [-0.4, -0.2) is 64.2 Å². The minimum atomic E-state index is -3.94. The van der Waals surface area contributed by atoms with Crippen LogP contribution in [0.2, 0.25) is 10.0 Å². The fraction of sp³-hybridized carbons (Fsp3) is 0.462. The van der Waals surface area contributed by atoms with E-state index >= 15 is 0 Å². The van der Waals surface area contributed by atoms with Crippen molar-refractivity contribution in [1.29, 1.82) is 0 Å². The smallest absolute Gasteiger partial charge is 0.244 e. The lowest BCUT2D eigenvalue weighted by atomic mass is 10.1. The van der Waals surface area contributed by atoms with E-state index in [1.807, 2.05) is 0 Å². The van der Waals surface area contributed by atoms with E-state index < -0.39 is 28.5 Å². The van der Waals surface area contributed by atoms with Gasteiger partial charge in [0, 0.05) is 18.7 Å². The first-order chi connectivity index (χ1) is 17.9. The molecule has 0 aliphatic heterocycles. The Hall–Kier alpha value is -2.69. The van der Waals surface area contributed by atoms with Crippen LogP contribution in [-0.2, 0) is 26.2 Å². The summed E-state index contributed by atoms with van der Waals surface area (Å²) in [5.41, 5.74) is 0.776. The number of amides is 2. The van der Waals surface area contributed by atoms with E-state index in [9.17, 15) is 18.0 Å². The van der Waals surface area contributed by atoms with Gasteiger partial charge in [0.2, 0.25) is 21.8 Å². The molecule has 0 bridgehead atoms. The highest BCUT2D eigenvalue weighted by molar-refractivity contribution is 7.92. The van der Waals surface area contributed by atoms with Crippen molar-refractivity contribution in [3.05, 3.63) is 52.0 Å². The topological polar surface area (TPSA) is 105 Å². The molecule has 38 heavy (non-hydrogen) atoms. The molecule has 1 saturated carbocycles. The molecular weight excluding hydrogens is 553 g/mol. The maximum absolute atomic E-state index is 13.8. The van der Waals surface area contributed by atoms with Crippen LogP contribution in [0.1, 0.15) is 38.2 Å². The SMILES string of the molecule is COc1ccc(OC)c(N(CC(=O)N(Cc2ccc(Cl)c(Cl)c2)[C@H](C)C(=O)NC2CCCC2)S(C)(=O)=O)c1. The van der Waals surface area contributed by atoms with Gasteiger partial charge in [0.05, 0.1) is 36.2 Å². The van der Waals surface area contributed by atoms with Crippen molar-refractivity contribution < 1.29 is 27.5 Å². The number of ether oxygens (including phenoxy) is 2. The Morgan fingerprint density at radius 2 is 1.74 bits per heavy atom. The molecule has 1 aliphatic rings. The first kappa shape index (κ1) is 29.9. The van der Waals surface area contributed by atoms with E-state index in [2.05, 4.69) is 5.32 Å². The summed E-state index contributed by atoms with van der Waals surface area (Å²) >= 11 is 12.2. The molecule has 1 aliphatic carbocycles. The van der Waals surface area contributed by atoms with Crippen LogP contribution in [0.15, 0.2) is 36.4 Å². The zero-order valence-electron chi connectivity index (χ0n) is 21.9. The van der Waals surface area contributed by atoms with Crippen LogP contribution >= 0.6 is 23.2 Å². The fourth-order valence-electron chi connectivity index (χ4n) is 4.40. The van der Waals surface area contributed by atoms with Crippen LogP contribution in [0.3, 0.4) is 0 Å². The van der Waals surface area contributed by atoms with Gasteiger partial charge < -0.3 is 19.7 Å². The van der Waals surface area contributed by atoms with Gasteiger partial charge in [0.15, 0.2) is 0 Å². The molecule has 1 N–H and O–H groups in total. The second kappa shape index (κ2) is 12.9. The van der Waals surface area contributed by atoms with E-state index in [4.69, 9.17) is 32.7 Å². The average molecular weight is 587 g/mol. The average Bonchev–Trinajstić information content (AvgIpc) is 3.39. The Labute approximate surface area is 234 Å². The van der Waals surface area contributed by atoms with Gasteiger partial charge in [-0.25, -0.2) is 8.42 Å². The minimum Gasteiger partial charge on any atom is -0.497 e. The normalized spacial score (nSPS) is 14.6. The number of benzene rings is 2. The number of nitrogens with zero attached hydrogens (tertiary/aromatic N) is 2. The molecule has 2 aromatic rings. The lowest BCUT2D eigenvalue weighted by molar-refractivity contribution is -0.139. The third kappa shape index (κ3) is 7.45. The maximum Gasteiger partial charge on any atom is 0.244 e. The second-order valence-electron chi connectivity index (χ2n) is 9.24. The molecule has 3 rings (SSSR count). The number of hydrogen-bond acceptors (Lipinski definition) is 6. The molecule has 1 atom stereocenters. The van der Waals surface area contributed by atoms with Crippen molar-refractivity contribution >= 4 is 50.7 Å². The number of anilines is 1. The Morgan fingerprint density at radius 3 is 2.32 bits per heavy atom. The largest absolute Gasteiger partial charge is 0.497 e. The summed E-state index contributed by atoms with van der Waals surface area (Å²) in [5.74, 6) is -0.262. The van der Waals surface area contributed by atoms with Crippen LogP contribution in [0.5, 0.6) is 11.5 Å². The summed E-state index contributed by atoms with van der Waals surface area (Å²) in [6.07, 6.45) is 4.85. The highest BCUT2D eigenvalue weighted by Gasteiger charge is 2.32. The quantitative estimate of drug-likeness (QED) is 0.422. The van der Waals surface area contributed by atoms with Gasteiger partial charge >= 0.3 is 0 Å². The van der Waals surface area contributed by atoms with Gasteiger partial charge in [0.25, 0.3) is 0 Å². The molecule has 0 spiro atoms. The van der Waals surface area contributed by atoms with Gasteiger partial charge in [-0.1, -0.05) is 42.1 Å². The van der Waals surface area contributed by atoms with Gasteiger partial charge in [-0.3, -0.25) is 13.9 Å². The van der Waals surface area contributed by atoms with Crippen molar-refractivity contribution in [1.82, 2.24) is 10.2 Å².